The van der Waals surface area contributed by atoms with Crippen molar-refractivity contribution in [2.75, 3.05) is 5.32 Å². The van der Waals surface area contributed by atoms with Crippen LogP contribution in [0.3, 0.4) is 0 Å². The highest BCUT2D eigenvalue weighted by molar-refractivity contribution is 5.59. The Morgan fingerprint density at radius 1 is 1.39 bits per heavy atom. The predicted octanol–water partition coefficient (Wildman–Crippen LogP) is 2.87. The minimum absolute atomic E-state index is 0.0777. The van der Waals surface area contributed by atoms with E-state index in [4.69, 9.17) is 0 Å². The van der Waals surface area contributed by atoms with Crippen LogP contribution in [0.2, 0.25) is 0 Å². The summed E-state index contributed by atoms with van der Waals surface area (Å²) in [4.78, 5) is 10.6. The standard InChI is InChI=1S/C12H22N4O2/c1-8(2)6-7-9(3)13-12-11(16(17)18)10(4)14-15(12)5/h8-9,13H,6-7H2,1-5H3. The van der Waals surface area contributed by atoms with Crippen LogP contribution in [-0.2, 0) is 7.05 Å². The number of aryl methyl sites for hydroxylation is 2. The van der Waals surface area contributed by atoms with Crippen molar-refractivity contribution in [3.63, 3.8) is 0 Å². The van der Waals surface area contributed by atoms with Crippen LogP contribution >= 0.6 is 0 Å². The van der Waals surface area contributed by atoms with Gasteiger partial charge in [-0.05, 0) is 32.6 Å². The molecule has 0 aliphatic carbocycles. The van der Waals surface area contributed by atoms with Gasteiger partial charge in [-0.3, -0.25) is 10.1 Å². The molecule has 0 spiro atoms. The molecule has 1 aromatic heterocycles. The zero-order valence-electron chi connectivity index (χ0n) is 11.7. The molecule has 1 unspecified atom stereocenters. The Balaban J connectivity index is 2.80. The summed E-state index contributed by atoms with van der Waals surface area (Å²) in [6.45, 7) is 8.03. The first kappa shape index (κ1) is 14.5. The number of hydrogen-bond acceptors (Lipinski definition) is 4. The fourth-order valence-electron chi connectivity index (χ4n) is 1.92. The van der Waals surface area contributed by atoms with Crippen molar-refractivity contribution in [2.45, 2.75) is 46.6 Å². The molecule has 0 amide bonds. The first-order valence-corrected chi connectivity index (χ1v) is 6.27. The second-order valence-electron chi connectivity index (χ2n) is 5.18. The molecule has 0 aliphatic rings. The van der Waals surface area contributed by atoms with Gasteiger partial charge in [0.25, 0.3) is 0 Å². The molecule has 0 saturated heterocycles. The zero-order chi connectivity index (χ0) is 13.9. The van der Waals surface area contributed by atoms with E-state index in [2.05, 4.69) is 24.3 Å². The normalized spacial score (nSPS) is 12.8. The van der Waals surface area contributed by atoms with Gasteiger partial charge in [0, 0.05) is 13.1 Å². The van der Waals surface area contributed by atoms with Crippen LogP contribution in [0.5, 0.6) is 0 Å². The fourth-order valence-corrected chi connectivity index (χ4v) is 1.92. The first-order chi connectivity index (χ1) is 8.32. The van der Waals surface area contributed by atoms with Gasteiger partial charge in [0.15, 0.2) is 0 Å². The van der Waals surface area contributed by atoms with Crippen molar-refractivity contribution < 1.29 is 4.92 Å². The van der Waals surface area contributed by atoms with E-state index < -0.39 is 0 Å². The van der Waals surface area contributed by atoms with E-state index in [1.54, 1.807) is 18.7 Å². The van der Waals surface area contributed by atoms with Crippen molar-refractivity contribution in [3.8, 4) is 0 Å². The Morgan fingerprint density at radius 2 is 2.00 bits per heavy atom. The molecule has 0 saturated carbocycles. The molecule has 1 aromatic rings. The average molecular weight is 254 g/mol. The summed E-state index contributed by atoms with van der Waals surface area (Å²) in [5, 5.41) is 18.3. The maximum atomic E-state index is 11.0. The molecule has 6 nitrogen and oxygen atoms in total. The van der Waals surface area contributed by atoms with Gasteiger partial charge in [0.05, 0.1) is 4.92 Å². The highest BCUT2D eigenvalue weighted by Gasteiger charge is 2.24. The molecule has 102 valence electrons. The van der Waals surface area contributed by atoms with Crippen LogP contribution in [-0.4, -0.2) is 20.7 Å². The number of hydrogen-bond donors (Lipinski definition) is 1. The van der Waals surface area contributed by atoms with Crippen molar-refractivity contribution in [2.24, 2.45) is 13.0 Å². The number of rotatable bonds is 6. The summed E-state index contributed by atoms with van der Waals surface area (Å²) in [6.07, 6.45) is 2.08. The van der Waals surface area contributed by atoms with Gasteiger partial charge in [-0.1, -0.05) is 13.8 Å². The topological polar surface area (TPSA) is 73.0 Å². The molecule has 6 heteroatoms. The maximum absolute atomic E-state index is 11.0. The van der Waals surface area contributed by atoms with E-state index in [1.807, 2.05) is 6.92 Å². The number of nitrogens with zero attached hydrogens (tertiary/aromatic N) is 3. The van der Waals surface area contributed by atoms with Crippen LogP contribution in [0, 0.1) is 23.0 Å². The second-order valence-corrected chi connectivity index (χ2v) is 5.18. The molecule has 0 bridgehead atoms. The van der Waals surface area contributed by atoms with Crippen LogP contribution in [0.25, 0.3) is 0 Å². The second kappa shape index (κ2) is 5.84. The molecule has 1 rings (SSSR count). The average Bonchev–Trinajstić information content (AvgIpc) is 2.51. The fraction of sp³-hybridized carbons (Fsp3) is 0.750. The van der Waals surface area contributed by atoms with Gasteiger partial charge >= 0.3 is 5.69 Å². The van der Waals surface area contributed by atoms with Crippen molar-refractivity contribution in [3.05, 3.63) is 15.8 Å². The summed E-state index contributed by atoms with van der Waals surface area (Å²) >= 11 is 0. The third-order valence-corrected chi connectivity index (χ3v) is 2.93. The summed E-state index contributed by atoms with van der Waals surface area (Å²) in [7, 11) is 1.72. The lowest BCUT2D eigenvalue weighted by Crippen LogP contribution is -2.18. The largest absolute Gasteiger partial charge is 0.362 e. The molecule has 0 fully saturated rings. The molecule has 1 N–H and O–H groups in total. The number of nitrogens with one attached hydrogen (secondary N) is 1. The minimum atomic E-state index is -0.375. The lowest BCUT2D eigenvalue weighted by molar-refractivity contribution is -0.384. The summed E-state index contributed by atoms with van der Waals surface area (Å²) in [6, 6.07) is 0.195. The van der Waals surface area contributed by atoms with Gasteiger partial charge in [-0.15, -0.1) is 0 Å². The third kappa shape index (κ3) is 3.45. The highest BCUT2D eigenvalue weighted by Crippen LogP contribution is 2.28. The lowest BCUT2D eigenvalue weighted by Gasteiger charge is -2.15. The molecule has 1 heterocycles. The molecule has 18 heavy (non-hydrogen) atoms. The molecule has 1 atom stereocenters. The van der Waals surface area contributed by atoms with Crippen LogP contribution < -0.4 is 5.32 Å². The van der Waals surface area contributed by atoms with Crippen molar-refractivity contribution in [1.82, 2.24) is 9.78 Å². The molecule has 0 radical (unpaired) electrons. The Bertz CT molecular complexity index is 426. The minimum Gasteiger partial charge on any atom is -0.362 e. The third-order valence-electron chi connectivity index (χ3n) is 2.93. The SMILES string of the molecule is Cc1nn(C)c(NC(C)CCC(C)C)c1[N+](=O)[O-]. The van der Waals surface area contributed by atoms with Crippen LogP contribution in [0.15, 0.2) is 0 Å². The van der Waals surface area contributed by atoms with Gasteiger partial charge < -0.3 is 5.32 Å². The summed E-state index contributed by atoms with van der Waals surface area (Å²) < 4.78 is 1.54. The number of aromatic nitrogens is 2. The smallest absolute Gasteiger partial charge is 0.333 e. The Kier molecular flexibility index (Phi) is 4.69. The predicted molar refractivity (Wildman–Crippen MR) is 71.8 cm³/mol. The summed E-state index contributed by atoms with van der Waals surface area (Å²) in [5.41, 5.74) is 0.523. The lowest BCUT2D eigenvalue weighted by atomic mass is 10.0. The monoisotopic (exact) mass is 254 g/mol. The Morgan fingerprint density at radius 3 is 2.50 bits per heavy atom. The van der Waals surface area contributed by atoms with E-state index >= 15 is 0 Å². The quantitative estimate of drug-likeness (QED) is 0.625. The van der Waals surface area contributed by atoms with E-state index in [9.17, 15) is 10.1 Å². The van der Waals surface area contributed by atoms with E-state index in [1.165, 1.54) is 0 Å². The maximum Gasteiger partial charge on any atom is 0.333 e. The Hall–Kier alpha value is -1.59. The van der Waals surface area contributed by atoms with Crippen molar-refractivity contribution >= 4 is 11.5 Å². The van der Waals surface area contributed by atoms with E-state index in [-0.39, 0.29) is 16.7 Å². The van der Waals surface area contributed by atoms with Gasteiger partial charge in [0.2, 0.25) is 5.82 Å². The zero-order valence-corrected chi connectivity index (χ0v) is 11.7. The number of anilines is 1. The van der Waals surface area contributed by atoms with Gasteiger partial charge in [-0.25, -0.2) is 4.68 Å². The van der Waals surface area contributed by atoms with Crippen LogP contribution in [0.1, 0.15) is 39.3 Å². The molecular formula is C12H22N4O2. The molecule has 0 aromatic carbocycles. The van der Waals surface area contributed by atoms with Gasteiger partial charge in [0.1, 0.15) is 5.69 Å². The highest BCUT2D eigenvalue weighted by atomic mass is 16.6. The van der Waals surface area contributed by atoms with Gasteiger partial charge in [-0.2, -0.15) is 5.10 Å². The van der Waals surface area contributed by atoms with Crippen molar-refractivity contribution in [1.29, 1.82) is 0 Å². The first-order valence-electron chi connectivity index (χ1n) is 6.27. The Labute approximate surface area is 108 Å². The number of nitro groups is 1. The molecular weight excluding hydrogens is 232 g/mol. The summed E-state index contributed by atoms with van der Waals surface area (Å²) in [5.74, 6) is 1.13. The molecule has 0 aliphatic heterocycles. The van der Waals surface area contributed by atoms with E-state index in [0.717, 1.165) is 12.8 Å². The van der Waals surface area contributed by atoms with Crippen LogP contribution in [0.4, 0.5) is 11.5 Å². The van der Waals surface area contributed by atoms with E-state index in [0.29, 0.717) is 17.4 Å².